The zero-order valence-electron chi connectivity index (χ0n) is 8.65. The summed E-state index contributed by atoms with van der Waals surface area (Å²) in [5, 5.41) is 4.52. The summed E-state index contributed by atoms with van der Waals surface area (Å²) in [7, 11) is 0. The molecule has 0 aliphatic carbocycles. The van der Waals surface area contributed by atoms with Crippen LogP contribution >= 0.6 is 58.0 Å². The van der Waals surface area contributed by atoms with Gasteiger partial charge in [-0.15, -0.1) is 0 Å². The van der Waals surface area contributed by atoms with Gasteiger partial charge in [0.05, 0.1) is 25.8 Å². The first-order valence-corrected chi connectivity index (χ1v) is 6.60. The normalized spacial score (nSPS) is 10.5. The number of rotatable bonds is 2. The van der Waals surface area contributed by atoms with Gasteiger partial charge in [-0.25, -0.2) is 4.98 Å². The number of anilines is 2. The minimum Gasteiger partial charge on any atom is -0.338 e. The second-order valence-corrected chi connectivity index (χ2v) is 5.28. The number of aromatic nitrogens is 1. The zero-order chi connectivity index (χ0) is 13.3. The third-order valence-corrected chi connectivity index (χ3v) is 3.87. The maximum Gasteiger partial charge on any atom is 0.151 e. The maximum absolute atomic E-state index is 6.04. The van der Waals surface area contributed by atoms with Crippen molar-refractivity contribution in [3.8, 4) is 0 Å². The molecule has 94 valence electrons. The van der Waals surface area contributed by atoms with Crippen LogP contribution in [0.5, 0.6) is 0 Å². The summed E-state index contributed by atoms with van der Waals surface area (Å²) < 4.78 is 0. The average Bonchev–Trinajstić information content (AvgIpc) is 2.32. The summed E-state index contributed by atoms with van der Waals surface area (Å²) >= 11 is 29.6. The first-order valence-electron chi connectivity index (χ1n) is 4.71. The fourth-order valence-electron chi connectivity index (χ4n) is 1.26. The first-order chi connectivity index (χ1) is 8.49. The number of halogens is 5. The van der Waals surface area contributed by atoms with Gasteiger partial charge in [0.2, 0.25) is 0 Å². The molecule has 0 amide bonds. The van der Waals surface area contributed by atoms with Crippen molar-refractivity contribution in [2.24, 2.45) is 0 Å². The molecule has 0 atom stereocenters. The van der Waals surface area contributed by atoms with Crippen LogP contribution in [0.25, 0.3) is 0 Å². The van der Waals surface area contributed by atoms with E-state index in [0.717, 1.165) is 0 Å². The Balaban J connectivity index is 2.40. The molecule has 0 saturated carbocycles. The molecule has 18 heavy (non-hydrogen) atoms. The lowest BCUT2D eigenvalue weighted by atomic mass is 10.3. The van der Waals surface area contributed by atoms with Gasteiger partial charge in [-0.1, -0.05) is 64.1 Å². The van der Waals surface area contributed by atoms with Crippen LogP contribution in [-0.4, -0.2) is 4.98 Å². The van der Waals surface area contributed by atoms with Crippen LogP contribution in [0.2, 0.25) is 25.2 Å². The van der Waals surface area contributed by atoms with Gasteiger partial charge in [-0.05, 0) is 18.2 Å². The molecule has 1 aromatic heterocycles. The van der Waals surface area contributed by atoms with Crippen LogP contribution < -0.4 is 5.32 Å². The first kappa shape index (κ1) is 14.0. The second-order valence-electron chi connectivity index (χ2n) is 3.32. The largest absolute Gasteiger partial charge is 0.338 e. The van der Waals surface area contributed by atoms with Crippen LogP contribution in [0, 0.1) is 0 Å². The Morgan fingerprint density at radius 3 is 2.33 bits per heavy atom. The van der Waals surface area contributed by atoms with E-state index in [1.54, 1.807) is 18.2 Å². The van der Waals surface area contributed by atoms with Gasteiger partial charge in [-0.3, -0.25) is 0 Å². The molecule has 0 aliphatic rings. The van der Waals surface area contributed by atoms with Crippen molar-refractivity contribution in [2.45, 2.75) is 0 Å². The van der Waals surface area contributed by atoms with Gasteiger partial charge in [0.25, 0.3) is 0 Å². The standard InChI is InChI=1S/C11H5Cl5N2/c12-5-2-1-3-8(9(5)15)17-11-7(14)4-6(13)10(16)18-11/h1-4H,(H,17,18). The Bertz CT molecular complexity index is 600. The minimum atomic E-state index is 0.154. The molecule has 2 rings (SSSR count). The minimum absolute atomic E-state index is 0.154. The quantitative estimate of drug-likeness (QED) is 0.668. The number of hydrogen-bond donors (Lipinski definition) is 1. The summed E-state index contributed by atoms with van der Waals surface area (Å²) in [5.41, 5.74) is 0.581. The summed E-state index contributed by atoms with van der Waals surface area (Å²) in [6, 6.07) is 6.68. The molecule has 7 heteroatoms. The van der Waals surface area contributed by atoms with Gasteiger partial charge >= 0.3 is 0 Å². The van der Waals surface area contributed by atoms with Crippen LogP contribution in [0.1, 0.15) is 0 Å². The Labute approximate surface area is 129 Å². The van der Waals surface area contributed by atoms with Crippen LogP contribution in [0.4, 0.5) is 11.5 Å². The van der Waals surface area contributed by atoms with E-state index in [9.17, 15) is 0 Å². The SMILES string of the molecule is Clc1cc(Cl)c(Nc2cccc(Cl)c2Cl)nc1Cl. The van der Waals surface area contributed by atoms with Crippen molar-refractivity contribution in [2.75, 3.05) is 5.32 Å². The Morgan fingerprint density at radius 2 is 1.61 bits per heavy atom. The summed E-state index contributed by atoms with van der Waals surface area (Å²) in [5.74, 6) is 0.357. The molecule has 0 spiro atoms. The second kappa shape index (κ2) is 5.72. The third-order valence-electron chi connectivity index (χ3n) is 2.09. The van der Waals surface area contributed by atoms with E-state index in [4.69, 9.17) is 58.0 Å². The molecule has 1 heterocycles. The topological polar surface area (TPSA) is 24.9 Å². The number of nitrogens with zero attached hydrogens (tertiary/aromatic N) is 1. The van der Waals surface area contributed by atoms with Gasteiger partial charge in [-0.2, -0.15) is 0 Å². The molecular formula is C11H5Cl5N2. The Morgan fingerprint density at radius 1 is 0.889 bits per heavy atom. The molecule has 0 aliphatic heterocycles. The van der Waals surface area contributed by atoms with Crippen LogP contribution in [0.15, 0.2) is 24.3 Å². The van der Waals surface area contributed by atoms with E-state index in [1.807, 2.05) is 0 Å². The molecule has 0 unspecified atom stereocenters. The maximum atomic E-state index is 6.04. The highest BCUT2D eigenvalue weighted by atomic mass is 35.5. The molecule has 1 aromatic carbocycles. The lowest BCUT2D eigenvalue weighted by Gasteiger charge is -2.10. The van der Waals surface area contributed by atoms with Gasteiger partial charge in [0, 0.05) is 0 Å². The fourth-order valence-corrected chi connectivity index (χ4v) is 2.15. The van der Waals surface area contributed by atoms with Crippen molar-refractivity contribution >= 4 is 69.5 Å². The molecule has 0 bridgehead atoms. The molecule has 2 aromatic rings. The summed E-state index contributed by atoms with van der Waals surface area (Å²) in [4.78, 5) is 4.03. The molecule has 0 radical (unpaired) electrons. The summed E-state index contributed by atoms with van der Waals surface area (Å²) in [6.45, 7) is 0. The average molecular weight is 342 g/mol. The predicted octanol–water partition coefficient (Wildman–Crippen LogP) is 6.09. The van der Waals surface area contributed by atoms with E-state index in [-0.39, 0.29) is 10.2 Å². The highest BCUT2D eigenvalue weighted by Gasteiger charge is 2.10. The number of nitrogens with one attached hydrogen (secondary N) is 1. The predicted molar refractivity (Wildman–Crippen MR) is 79.0 cm³/mol. The van der Waals surface area contributed by atoms with Crippen molar-refractivity contribution in [3.05, 3.63) is 49.5 Å². The van der Waals surface area contributed by atoms with E-state index in [2.05, 4.69) is 10.3 Å². The molecule has 0 saturated heterocycles. The molecule has 0 fully saturated rings. The van der Waals surface area contributed by atoms with E-state index < -0.39 is 0 Å². The van der Waals surface area contributed by atoms with Gasteiger partial charge < -0.3 is 5.32 Å². The number of benzene rings is 1. The van der Waals surface area contributed by atoms with Gasteiger partial charge in [0.15, 0.2) is 5.82 Å². The number of pyridine rings is 1. The summed E-state index contributed by atoms with van der Waals surface area (Å²) in [6.07, 6.45) is 0. The highest BCUT2D eigenvalue weighted by Crippen LogP contribution is 2.35. The Kier molecular flexibility index (Phi) is 4.46. The van der Waals surface area contributed by atoms with Gasteiger partial charge in [0.1, 0.15) is 5.15 Å². The lowest BCUT2D eigenvalue weighted by molar-refractivity contribution is 1.31. The zero-order valence-corrected chi connectivity index (χ0v) is 12.4. The van der Waals surface area contributed by atoms with Crippen LogP contribution in [-0.2, 0) is 0 Å². The van der Waals surface area contributed by atoms with Crippen molar-refractivity contribution in [1.82, 2.24) is 4.98 Å². The van der Waals surface area contributed by atoms with Crippen LogP contribution in [0.3, 0.4) is 0 Å². The molecule has 1 N–H and O–H groups in total. The third kappa shape index (κ3) is 2.95. The van der Waals surface area contributed by atoms with E-state index in [0.29, 0.717) is 26.6 Å². The van der Waals surface area contributed by atoms with E-state index >= 15 is 0 Å². The number of hydrogen-bond acceptors (Lipinski definition) is 2. The van der Waals surface area contributed by atoms with Crippen molar-refractivity contribution < 1.29 is 0 Å². The monoisotopic (exact) mass is 340 g/mol. The van der Waals surface area contributed by atoms with Crippen molar-refractivity contribution in [3.63, 3.8) is 0 Å². The molecular weight excluding hydrogens is 337 g/mol. The fraction of sp³-hybridized carbons (Fsp3) is 0. The smallest absolute Gasteiger partial charge is 0.151 e. The lowest BCUT2D eigenvalue weighted by Crippen LogP contribution is -1.96. The Hall–Kier alpha value is -0.380. The van der Waals surface area contributed by atoms with E-state index in [1.165, 1.54) is 6.07 Å². The highest BCUT2D eigenvalue weighted by molar-refractivity contribution is 6.44. The molecule has 2 nitrogen and oxygen atoms in total. The van der Waals surface area contributed by atoms with Crippen molar-refractivity contribution in [1.29, 1.82) is 0 Å².